The predicted molar refractivity (Wildman–Crippen MR) is 80.3 cm³/mol. The molecule has 114 valence electrons. The topological polar surface area (TPSA) is 49.8 Å². The Morgan fingerprint density at radius 2 is 2.38 bits per heavy atom. The molecule has 1 spiro atoms. The van der Waals surface area contributed by atoms with Gasteiger partial charge in [-0.3, -0.25) is 4.79 Å². The van der Waals surface area contributed by atoms with Crippen molar-refractivity contribution in [3.63, 3.8) is 0 Å². The minimum atomic E-state index is -0.134. The third kappa shape index (κ3) is 2.91. The second kappa shape index (κ2) is 5.68. The van der Waals surface area contributed by atoms with E-state index in [-0.39, 0.29) is 17.3 Å². The highest BCUT2D eigenvalue weighted by atomic mass is 16.5. The number of aromatic hydroxyl groups is 1. The number of piperidine rings is 1. The average molecular weight is 289 g/mol. The molecule has 21 heavy (non-hydrogen) atoms. The van der Waals surface area contributed by atoms with E-state index in [2.05, 4.69) is 6.92 Å². The summed E-state index contributed by atoms with van der Waals surface area (Å²) < 4.78 is 6.08. The summed E-state index contributed by atoms with van der Waals surface area (Å²) in [6.45, 7) is 4.48. The van der Waals surface area contributed by atoms with Crippen LogP contribution >= 0.6 is 0 Å². The SMILES string of the molecule is CCC1COC2(CCCN(C(=O)c3cccc(O)c3)C2)C1. The predicted octanol–water partition coefficient (Wildman–Crippen LogP) is 2.81. The van der Waals surface area contributed by atoms with E-state index in [9.17, 15) is 9.90 Å². The highest BCUT2D eigenvalue weighted by Gasteiger charge is 2.43. The van der Waals surface area contributed by atoms with Crippen molar-refractivity contribution in [2.45, 2.75) is 38.2 Å². The van der Waals surface area contributed by atoms with E-state index in [1.165, 1.54) is 6.07 Å². The van der Waals surface area contributed by atoms with Gasteiger partial charge in [0.05, 0.1) is 12.2 Å². The second-order valence-electron chi connectivity index (χ2n) is 6.35. The van der Waals surface area contributed by atoms with Crippen molar-refractivity contribution in [2.75, 3.05) is 19.7 Å². The molecule has 2 saturated heterocycles. The van der Waals surface area contributed by atoms with Crippen molar-refractivity contribution in [3.05, 3.63) is 29.8 Å². The lowest BCUT2D eigenvalue weighted by molar-refractivity contribution is -0.0449. The first-order valence-corrected chi connectivity index (χ1v) is 7.84. The van der Waals surface area contributed by atoms with Gasteiger partial charge in [-0.05, 0) is 43.4 Å². The van der Waals surface area contributed by atoms with Gasteiger partial charge >= 0.3 is 0 Å². The highest BCUT2D eigenvalue weighted by Crippen LogP contribution is 2.38. The standard InChI is InChI=1S/C17H23NO3/c1-2-13-10-17(21-11-13)7-4-8-18(12-17)16(20)14-5-3-6-15(19)9-14/h3,5-6,9,13,19H,2,4,7-8,10-12H2,1H3. The molecule has 3 rings (SSSR count). The Morgan fingerprint density at radius 3 is 3.10 bits per heavy atom. The lowest BCUT2D eigenvalue weighted by Crippen LogP contribution is -2.50. The van der Waals surface area contributed by atoms with E-state index in [1.54, 1.807) is 18.2 Å². The lowest BCUT2D eigenvalue weighted by Gasteiger charge is -2.39. The molecule has 1 aromatic rings. The van der Waals surface area contributed by atoms with Gasteiger partial charge in [-0.2, -0.15) is 0 Å². The van der Waals surface area contributed by atoms with Gasteiger partial charge in [0.1, 0.15) is 5.75 Å². The summed E-state index contributed by atoms with van der Waals surface area (Å²) in [6, 6.07) is 6.59. The Hall–Kier alpha value is -1.55. The maximum Gasteiger partial charge on any atom is 0.254 e. The number of carbonyl (C=O) groups is 1. The Morgan fingerprint density at radius 1 is 1.52 bits per heavy atom. The molecule has 0 saturated carbocycles. The quantitative estimate of drug-likeness (QED) is 0.911. The molecule has 4 nitrogen and oxygen atoms in total. The van der Waals surface area contributed by atoms with Gasteiger partial charge in [-0.25, -0.2) is 0 Å². The van der Waals surface area contributed by atoms with Crippen LogP contribution in [0.2, 0.25) is 0 Å². The highest BCUT2D eigenvalue weighted by molar-refractivity contribution is 5.94. The summed E-state index contributed by atoms with van der Waals surface area (Å²) in [6.07, 6.45) is 4.24. The molecule has 2 aliphatic rings. The maximum absolute atomic E-state index is 12.6. The van der Waals surface area contributed by atoms with Crippen LogP contribution in [0.3, 0.4) is 0 Å². The van der Waals surface area contributed by atoms with Crippen molar-refractivity contribution in [2.24, 2.45) is 5.92 Å². The Labute approximate surface area is 125 Å². The molecule has 2 aliphatic heterocycles. The van der Waals surface area contributed by atoms with Crippen molar-refractivity contribution < 1.29 is 14.6 Å². The average Bonchev–Trinajstić information content (AvgIpc) is 2.89. The van der Waals surface area contributed by atoms with Gasteiger partial charge in [-0.15, -0.1) is 0 Å². The molecular formula is C17H23NO3. The van der Waals surface area contributed by atoms with E-state index in [1.807, 2.05) is 4.90 Å². The molecule has 2 atom stereocenters. The number of amides is 1. The zero-order chi connectivity index (χ0) is 14.9. The van der Waals surface area contributed by atoms with Crippen LogP contribution in [0.15, 0.2) is 24.3 Å². The third-order valence-electron chi connectivity index (χ3n) is 4.78. The van der Waals surface area contributed by atoms with Crippen LogP contribution in [-0.4, -0.2) is 41.2 Å². The van der Waals surface area contributed by atoms with Gasteiger partial charge in [-0.1, -0.05) is 19.4 Å². The molecule has 4 heteroatoms. The zero-order valence-corrected chi connectivity index (χ0v) is 12.5. The number of rotatable bonds is 2. The number of hydrogen-bond acceptors (Lipinski definition) is 3. The molecule has 0 aliphatic carbocycles. The van der Waals surface area contributed by atoms with E-state index in [0.717, 1.165) is 38.8 Å². The number of benzene rings is 1. The van der Waals surface area contributed by atoms with Crippen LogP contribution in [0.5, 0.6) is 5.75 Å². The van der Waals surface area contributed by atoms with E-state index < -0.39 is 0 Å². The number of likely N-dealkylation sites (tertiary alicyclic amines) is 1. The summed E-state index contributed by atoms with van der Waals surface area (Å²) >= 11 is 0. The normalized spacial score (nSPS) is 29.0. The number of ether oxygens (including phenoxy) is 1. The van der Waals surface area contributed by atoms with E-state index in [0.29, 0.717) is 18.0 Å². The summed E-state index contributed by atoms with van der Waals surface area (Å²) in [7, 11) is 0. The fourth-order valence-corrected chi connectivity index (χ4v) is 3.58. The van der Waals surface area contributed by atoms with Gasteiger partial charge < -0.3 is 14.7 Å². The van der Waals surface area contributed by atoms with Crippen molar-refractivity contribution in [1.82, 2.24) is 4.90 Å². The van der Waals surface area contributed by atoms with Gasteiger partial charge in [0.15, 0.2) is 0 Å². The second-order valence-corrected chi connectivity index (χ2v) is 6.35. The van der Waals surface area contributed by atoms with Crippen LogP contribution in [0.25, 0.3) is 0 Å². The monoisotopic (exact) mass is 289 g/mol. The third-order valence-corrected chi connectivity index (χ3v) is 4.78. The molecule has 2 unspecified atom stereocenters. The minimum absolute atomic E-state index is 0.00600. The Bertz CT molecular complexity index is 531. The van der Waals surface area contributed by atoms with Crippen LogP contribution in [-0.2, 0) is 4.74 Å². The molecule has 0 radical (unpaired) electrons. The molecule has 2 heterocycles. The number of phenols is 1. The molecule has 0 aromatic heterocycles. The number of hydrogen-bond donors (Lipinski definition) is 1. The molecule has 2 fully saturated rings. The fraction of sp³-hybridized carbons (Fsp3) is 0.588. The molecular weight excluding hydrogens is 266 g/mol. The smallest absolute Gasteiger partial charge is 0.254 e. The van der Waals surface area contributed by atoms with Gasteiger partial charge in [0.2, 0.25) is 0 Å². The summed E-state index contributed by atoms with van der Waals surface area (Å²) in [5.74, 6) is 0.755. The largest absolute Gasteiger partial charge is 0.508 e. The number of phenolic OH excluding ortho intramolecular Hbond substituents is 1. The van der Waals surface area contributed by atoms with Gasteiger partial charge in [0, 0.05) is 18.7 Å². The van der Waals surface area contributed by atoms with Crippen LogP contribution in [0.1, 0.15) is 43.0 Å². The molecule has 1 aromatic carbocycles. The van der Waals surface area contributed by atoms with Crippen molar-refractivity contribution in [3.8, 4) is 5.75 Å². The zero-order valence-electron chi connectivity index (χ0n) is 12.5. The summed E-state index contributed by atoms with van der Waals surface area (Å²) in [4.78, 5) is 14.5. The fourth-order valence-electron chi connectivity index (χ4n) is 3.58. The van der Waals surface area contributed by atoms with E-state index in [4.69, 9.17) is 4.74 Å². The number of nitrogens with zero attached hydrogens (tertiary/aromatic N) is 1. The first-order valence-electron chi connectivity index (χ1n) is 7.84. The lowest BCUT2D eigenvalue weighted by atomic mass is 9.85. The molecule has 0 bridgehead atoms. The van der Waals surface area contributed by atoms with E-state index >= 15 is 0 Å². The Balaban J connectivity index is 1.73. The number of carbonyl (C=O) groups excluding carboxylic acids is 1. The van der Waals surface area contributed by atoms with Crippen LogP contribution in [0, 0.1) is 5.92 Å². The molecule has 1 amide bonds. The Kier molecular flexibility index (Phi) is 3.89. The van der Waals surface area contributed by atoms with Gasteiger partial charge in [0.25, 0.3) is 5.91 Å². The van der Waals surface area contributed by atoms with Crippen LogP contribution in [0.4, 0.5) is 0 Å². The molecule has 1 N–H and O–H groups in total. The summed E-state index contributed by atoms with van der Waals surface area (Å²) in [5.41, 5.74) is 0.419. The first kappa shape index (κ1) is 14.4. The van der Waals surface area contributed by atoms with Crippen LogP contribution < -0.4 is 0 Å². The van der Waals surface area contributed by atoms with Crippen molar-refractivity contribution in [1.29, 1.82) is 0 Å². The minimum Gasteiger partial charge on any atom is -0.508 e. The maximum atomic E-state index is 12.6. The first-order chi connectivity index (χ1) is 10.1. The van der Waals surface area contributed by atoms with Crippen molar-refractivity contribution >= 4 is 5.91 Å². The summed E-state index contributed by atoms with van der Waals surface area (Å²) in [5, 5.41) is 9.54.